The number of aromatic nitrogens is 1. The predicted octanol–water partition coefficient (Wildman–Crippen LogP) is 4.48. The molecule has 0 saturated carbocycles. The van der Waals surface area contributed by atoms with Crippen LogP contribution in [0.5, 0.6) is 0 Å². The molecule has 0 fully saturated rings. The lowest BCUT2D eigenvalue weighted by Crippen LogP contribution is -2.14. The lowest BCUT2D eigenvalue weighted by atomic mass is 10.1. The maximum absolute atomic E-state index is 12.1. The van der Waals surface area contributed by atoms with E-state index < -0.39 is 4.92 Å². The number of anilines is 1. The molecule has 132 valence electrons. The van der Waals surface area contributed by atoms with Gasteiger partial charge < -0.3 is 5.32 Å². The molecule has 1 heterocycles. The van der Waals surface area contributed by atoms with Crippen LogP contribution in [-0.4, -0.2) is 15.8 Å². The van der Waals surface area contributed by atoms with E-state index in [0.717, 1.165) is 10.4 Å². The number of carbonyl (C=O) groups excluding carboxylic acids is 1. The second-order valence-corrected chi connectivity index (χ2v) is 7.14. The maximum atomic E-state index is 12.1. The molecule has 1 amide bonds. The Morgan fingerprint density at radius 3 is 2.42 bits per heavy atom. The Morgan fingerprint density at radius 1 is 1.12 bits per heavy atom. The maximum Gasteiger partial charge on any atom is 0.269 e. The van der Waals surface area contributed by atoms with Crippen LogP contribution in [0, 0.1) is 10.1 Å². The molecule has 0 aliphatic heterocycles. The van der Waals surface area contributed by atoms with Gasteiger partial charge in [0.05, 0.1) is 11.3 Å². The van der Waals surface area contributed by atoms with Gasteiger partial charge in [0.2, 0.25) is 5.91 Å². The topological polar surface area (TPSA) is 85.1 Å². The van der Waals surface area contributed by atoms with Crippen LogP contribution in [0.2, 0.25) is 5.02 Å². The molecule has 0 unspecified atom stereocenters. The average molecular weight is 388 g/mol. The van der Waals surface area contributed by atoms with Crippen molar-refractivity contribution in [1.82, 2.24) is 4.98 Å². The Bertz CT molecular complexity index is 924. The van der Waals surface area contributed by atoms with Crippen LogP contribution >= 0.6 is 22.9 Å². The van der Waals surface area contributed by atoms with Gasteiger partial charge in [0.25, 0.3) is 5.69 Å². The molecular formula is C18H14ClN3O3S. The highest BCUT2D eigenvalue weighted by Gasteiger charge is 2.10. The number of non-ortho nitro benzene ring substituents is 1. The van der Waals surface area contributed by atoms with Gasteiger partial charge in [-0.25, -0.2) is 4.98 Å². The van der Waals surface area contributed by atoms with Crippen LogP contribution in [0.15, 0.2) is 54.7 Å². The van der Waals surface area contributed by atoms with E-state index in [9.17, 15) is 14.9 Å². The first-order chi connectivity index (χ1) is 12.5. The lowest BCUT2D eigenvalue weighted by molar-refractivity contribution is -0.384. The van der Waals surface area contributed by atoms with Crippen LogP contribution in [-0.2, 0) is 17.6 Å². The Labute approximate surface area is 158 Å². The third-order valence-electron chi connectivity index (χ3n) is 3.60. The molecule has 1 aromatic heterocycles. The highest BCUT2D eigenvalue weighted by molar-refractivity contribution is 7.15. The zero-order valence-corrected chi connectivity index (χ0v) is 15.1. The van der Waals surface area contributed by atoms with Crippen molar-refractivity contribution in [3.8, 4) is 0 Å². The van der Waals surface area contributed by atoms with E-state index in [2.05, 4.69) is 10.3 Å². The molecule has 3 rings (SSSR count). The molecule has 0 atom stereocenters. The monoisotopic (exact) mass is 387 g/mol. The summed E-state index contributed by atoms with van der Waals surface area (Å²) in [5, 5.41) is 14.6. The molecule has 8 heteroatoms. The molecular weight excluding hydrogens is 374 g/mol. The Morgan fingerprint density at radius 2 is 1.77 bits per heavy atom. The summed E-state index contributed by atoms with van der Waals surface area (Å²) < 4.78 is 0. The average Bonchev–Trinajstić information content (AvgIpc) is 3.04. The molecule has 0 aliphatic carbocycles. The van der Waals surface area contributed by atoms with E-state index in [0.29, 0.717) is 22.1 Å². The molecule has 26 heavy (non-hydrogen) atoms. The second-order valence-electron chi connectivity index (χ2n) is 5.58. The predicted molar refractivity (Wildman–Crippen MR) is 102 cm³/mol. The summed E-state index contributed by atoms with van der Waals surface area (Å²) in [6, 6.07) is 13.5. The molecule has 0 bridgehead atoms. The fraction of sp³-hybridized carbons (Fsp3) is 0.111. The molecule has 3 aromatic rings. The standard InChI is InChI=1S/C18H14ClN3O3S/c19-14-5-1-12(2-6-14)9-16-11-20-18(26-16)21-17(23)10-13-3-7-15(8-4-13)22(24)25/h1-8,11H,9-10H2,(H,20,21,23). The van der Waals surface area contributed by atoms with Crippen LogP contribution in [0.4, 0.5) is 10.8 Å². The van der Waals surface area contributed by atoms with Gasteiger partial charge >= 0.3 is 0 Å². The van der Waals surface area contributed by atoms with E-state index in [4.69, 9.17) is 11.6 Å². The van der Waals surface area contributed by atoms with Gasteiger partial charge in [0.15, 0.2) is 5.13 Å². The van der Waals surface area contributed by atoms with Gasteiger partial charge in [-0.1, -0.05) is 35.9 Å². The van der Waals surface area contributed by atoms with Crippen molar-refractivity contribution in [2.75, 3.05) is 5.32 Å². The highest BCUT2D eigenvalue weighted by Crippen LogP contribution is 2.22. The van der Waals surface area contributed by atoms with Crippen LogP contribution in [0.3, 0.4) is 0 Å². The molecule has 1 N–H and O–H groups in total. The van der Waals surface area contributed by atoms with E-state index in [-0.39, 0.29) is 18.0 Å². The Balaban J connectivity index is 1.57. The van der Waals surface area contributed by atoms with Crippen molar-refractivity contribution < 1.29 is 9.72 Å². The Kier molecular flexibility index (Phi) is 5.60. The van der Waals surface area contributed by atoms with Crippen LogP contribution < -0.4 is 5.32 Å². The Hall–Kier alpha value is -2.77. The van der Waals surface area contributed by atoms with Crippen molar-refractivity contribution in [1.29, 1.82) is 0 Å². The van der Waals surface area contributed by atoms with Gasteiger partial charge in [0.1, 0.15) is 0 Å². The smallest absolute Gasteiger partial charge is 0.269 e. The van der Waals surface area contributed by atoms with Crippen LogP contribution in [0.25, 0.3) is 0 Å². The minimum atomic E-state index is -0.471. The number of amides is 1. The summed E-state index contributed by atoms with van der Waals surface area (Å²) in [5.74, 6) is -0.216. The zero-order valence-electron chi connectivity index (χ0n) is 13.5. The number of nitro groups is 1. The number of nitrogens with zero attached hydrogens (tertiary/aromatic N) is 2. The number of benzene rings is 2. The molecule has 6 nitrogen and oxygen atoms in total. The number of nitrogens with one attached hydrogen (secondary N) is 1. The third kappa shape index (κ3) is 4.87. The van der Waals surface area contributed by atoms with Gasteiger partial charge in [-0.15, -0.1) is 11.3 Å². The van der Waals surface area contributed by atoms with Crippen molar-refractivity contribution in [3.63, 3.8) is 0 Å². The van der Waals surface area contributed by atoms with Gasteiger partial charge in [-0.2, -0.15) is 0 Å². The first-order valence-electron chi connectivity index (χ1n) is 7.72. The summed E-state index contributed by atoms with van der Waals surface area (Å²) >= 11 is 7.29. The fourth-order valence-corrected chi connectivity index (χ4v) is 3.32. The van der Waals surface area contributed by atoms with E-state index in [1.807, 2.05) is 24.3 Å². The number of halogens is 1. The molecule has 0 saturated heterocycles. The molecule has 0 radical (unpaired) electrons. The number of hydrogen-bond acceptors (Lipinski definition) is 5. The number of hydrogen-bond donors (Lipinski definition) is 1. The van der Waals surface area contributed by atoms with E-state index in [1.165, 1.54) is 23.5 Å². The third-order valence-corrected chi connectivity index (χ3v) is 4.77. The number of carbonyl (C=O) groups is 1. The molecule has 2 aromatic carbocycles. The van der Waals surface area contributed by atoms with E-state index >= 15 is 0 Å². The van der Waals surface area contributed by atoms with Crippen molar-refractivity contribution in [2.24, 2.45) is 0 Å². The molecule has 0 spiro atoms. The van der Waals surface area contributed by atoms with Crippen molar-refractivity contribution >= 4 is 39.7 Å². The summed E-state index contributed by atoms with van der Waals surface area (Å²) in [6.45, 7) is 0. The van der Waals surface area contributed by atoms with E-state index in [1.54, 1.807) is 18.3 Å². The first-order valence-corrected chi connectivity index (χ1v) is 8.91. The summed E-state index contributed by atoms with van der Waals surface area (Å²) in [5.41, 5.74) is 1.81. The van der Waals surface area contributed by atoms with Crippen molar-refractivity contribution in [3.05, 3.63) is 85.9 Å². The second kappa shape index (κ2) is 8.07. The van der Waals surface area contributed by atoms with Crippen LogP contribution in [0.1, 0.15) is 16.0 Å². The zero-order chi connectivity index (χ0) is 18.5. The summed E-state index contributed by atoms with van der Waals surface area (Å²) in [6.07, 6.45) is 2.58. The van der Waals surface area contributed by atoms with Gasteiger partial charge in [0, 0.05) is 34.7 Å². The molecule has 0 aliphatic rings. The summed E-state index contributed by atoms with van der Waals surface area (Å²) in [7, 11) is 0. The summed E-state index contributed by atoms with van der Waals surface area (Å²) in [4.78, 5) is 27.5. The number of rotatable bonds is 6. The quantitative estimate of drug-likeness (QED) is 0.499. The lowest BCUT2D eigenvalue weighted by Gasteiger charge is -2.02. The normalized spacial score (nSPS) is 10.5. The minimum absolute atomic E-state index is 0.000855. The number of thiazole rings is 1. The largest absolute Gasteiger partial charge is 0.302 e. The SMILES string of the molecule is O=C(Cc1ccc([N+](=O)[O-])cc1)Nc1ncc(Cc2ccc(Cl)cc2)s1. The number of nitro benzene ring substituents is 1. The fourth-order valence-electron chi connectivity index (χ4n) is 2.33. The highest BCUT2D eigenvalue weighted by atomic mass is 35.5. The van der Waals surface area contributed by atoms with Crippen molar-refractivity contribution in [2.45, 2.75) is 12.8 Å². The van der Waals surface area contributed by atoms with Gasteiger partial charge in [-0.05, 0) is 23.3 Å². The minimum Gasteiger partial charge on any atom is -0.302 e. The first kappa shape index (κ1) is 18.0. The van der Waals surface area contributed by atoms with Gasteiger partial charge in [-0.3, -0.25) is 14.9 Å².